The third-order valence-corrected chi connectivity index (χ3v) is 4.64. The van der Waals surface area contributed by atoms with E-state index in [1.54, 1.807) is 0 Å². The van der Waals surface area contributed by atoms with Gasteiger partial charge in [-0.1, -0.05) is 27.2 Å². The summed E-state index contributed by atoms with van der Waals surface area (Å²) in [6.07, 6.45) is 5.69. The lowest BCUT2D eigenvalue weighted by Gasteiger charge is -2.35. The van der Waals surface area contributed by atoms with Gasteiger partial charge in [0.25, 0.3) is 0 Å². The van der Waals surface area contributed by atoms with Crippen LogP contribution >= 0.6 is 0 Å². The number of hydrogen-bond acceptors (Lipinski definition) is 2. The van der Waals surface area contributed by atoms with Crippen molar-refractivity contribution in [1.82, 2.24) is 10.2 Å². The molecule has 1 saturated heterocycles. The fourth-order valence-corrected chi connectivity index (χ4v) is 3.65. The first kappa shape index (κ1) is 12.4. The van der Waals surface area contributed by atoms with E-state index in [1.165, 1.54) is 45.3 Å². The highest BCUT2D eigenvalue weighted by Crippen LogP contribution is 2.42. The van der Waals surface area contributed by atoms with Crippen LogP contribution in [0.4, 0.5) is 0 Å². The van der Waals surface area contributed by atoms with E-state index in [1.807, 2.05) is 0 Å². The molecule has 94 valence electrons. The molecule has 1 aliphatic carbocycles. The fraction of sp³-hybridized carbons (Fsp3) is 1.00. The normalized spacial score (nSPS) is 34.7. The summed E-state index contributed by atoms with van der Waals surface area (Å²) in [7, 11) is 0. The zero-order valence-electron chi connectivity index (χ0n) is 11.3. The molecule has 0 bridgehead atoms. The summed E-state index contributed by atoms with van der Waals surface area (Å²) in [5.74, 6) is 0.899. The molecule has 2 atom stereocenters. The highest BCUT2D eigenvalue weighted by Gasteiger charge is 2.40. The van der Waals surface area contributed by atoms with E-state index >= 15 is 0 Å². The first-order valence-electron chi connectivity index (χ1n) is 7.08. The Morgan fingerprint density at radius 3 is 2.75 bits per heavy atom. The average Bonchev–Trinajstić information content (AvgIpc) is 2.81. The lowest BCUT2D eigenvalue weighted by atomic mass is 9.86. The monoisotopic (exact) mass is 224 g/mol. The number of nitrogens with one attached hydrogen (secondary N) is 1. The van der Waals surface area contributed by atoms with Crippen LogP contribution in [0.15, 0.2) is 0 Å². The molecule has 2 rings (SSSR count). The Morgan fingerprint density at radius 1 is 1.31 bits per heavy atom. The van der Waals surface area contributed by atoms with Crippen molar-refractivity contribution in [2.45, 2.75) is 52.5 Å². The van der Waals surface area contributed by atoms with Gasteiger partial charge in [0.05, 0.1) is 0 Å². The first-order valence-corrected chi connectivity index (χ1v) is 7.08. The van der Waals surface area contributed by atoms with Crippen LogP contribution in [0.1, 0.15) is 46.5 Å². The Labute approximate surface area is 101 Å². The van der Waals surface area contributed by atoms with Crippen LogP contribution < -0.4 is 5.32 Å². The number of nitrogens with zero attached hydrogens (tertiary/aromatic N) is 1. The molecule has 2 aliphatic rings. The molecule has 2 nitrogen and oxygen atoms in total. The number of hydrogen-bond donors (Lipinski definition) is 1. The van der Waals surface area contributed by atoms with Crippen molar-refractivity contribution in [1.29, 1.82) is 0 Å². The van der Waals surface area contributed by atoms with Crippen molar-refractivity contribution in [2.24, 2.45) is 11.3 Å². The Kier molecular flexibility index (Phi) is 3.91. The first-order chi connectivity index (χ1) is 7.63. The smallest absolute Gasteiger partial charge is 0.0146 e. The maximum absolute atomic E-state index is 3.50. The van der Waals surface area contributed by atoms with Crippen molar-refractivity contribution >= 4 is 0 Å². The van der Waals surface area contributed by atoms with Gasteiger partial charge in [-0.2, -0.15) is 0 Å². The van der Waals surface area contributed by atoms with Gasteiger partial charge < -0.3 is 5.32 Å². The second kappa shape index (κ2) is 5.05. The van der Waals surface area contributed by atoms with Crippen molar-refractivity contribution < 1.29 is 0 Å². The van der Waals surface area contributed by atoms with Crippen LogP contribution in [0.3, 0.4) is 0 Å². The summed E-state index contributed by atoms with van der Waals surface area (Å²) in [5, 5.41) is 3.50. The van der Waals surface area contributed by atoms with Crippen molar-refractivity contribution in [3.63, 3.8) is 0 Å². The SMILES string of the molecule is CCNCC1CCN(C2CCCC2(C)C)C1. The molecule has 1 saturated carbocycles. The molecule has 0 aromatic heterocycles. The van der Waals surface area contributed by atoms with Crippen LogP contribution in [-0.2, 0) is 0 Å². The van der Waals surface area contributed by atoms with Gasteiger partial charge in [-0.05, 0) is 50.2 Å². The maximum Gasteiger partial charge on any atom is 0.0146 e. The minimum Gasteiger partial charge on any atom is -0.317 e. The molecular formula is C14H28N2. The summed E-state index contributed by atoms with van der Waals surface area (Å²) in [4.78, 5) is 2.77. The highest BCUT2D eigenvalue weighted by molar-refractivity contribution is 4.94. The topological polar surface area (TPSA) is 15.3 Å². The van der Waals surface area contributed by atoms with E-state index in [2.05, 4.69) is 31.0 Å². The van der Waals surface area contributed by atoms with Gasteiger partial charge in [0.15, 0.2) is 0 Å². The number of rotatable bonds is 4. The molecule has 16 heavy (non-hydrogen) atoms. The molecule has 1 heterocycles. The molecular weight excluding hydrogens is 196 g/mol. The predicted molar refractivity (Wildman–Crippen MR) is 69.6 cm³/mol. The third kappa shape index (κ3) is 2.60. The molecule has 2 unspecified atom stereocenters. The summed E-state index contributed by atoms with van der Waals surface area (Å²) in [6, 6.07) is 0.860. The number of likely N-dealkylation sites (tertiary alicyclic amines) is 1. The van der Waals surface area contributed by atoms with Crippen LogP contribution in [0.2, 0.25) is 0 Å². The second-order valence-electron chi connectivity index (χ2n) is 6.35. The van der Waals surface area contributed by atoms with Crippen molar-refractivity contribution in [3.8, 4) is 0 Å². The molecule has 1 N–H and O–H groups in total. The zero-order valence-corrected chi connectivity index (χ0v) is 11.3. The van der Waals surface area contributed by atoms with E-state index in [0.717, 1.165) is 18.5 Å². The summed E-state index contributed by atoms with van der Waals surface area (Å²) < 4.78 is 0. The Hall–Kier alpha value is -0.0800. The lowest BCUT2D eigenvalue weighted by Crippen LogP contribution is -2.41. The predicted octanol–water partition coefficient (Wildman–Crippen LogP) is 2.50. The summed E-state index contributed by atoms with van der Waals surface area (Å²) in [5.41, 5.74) is 0.563. The van der Waals surface area contributed by atoms with Gasteiger partial charge >= 0.3 is 0 Å². The van der Waals surface area contributed by atoms with Crippen LogP contribution in [-0.4, -0.2) is 37.1 Å². The van der Waals surface area contributed by atoms with Crippen molar-refractivity contribution in [2.75, 3.05) is 26.2 Å². The molecule has 0 amide bonds. The van der Waals surface area contributed by atoms with Gasteiger partial charge in [-0.3, -0.25) is 4.90 Å². The molecule has 0 radical (unpaired) electrons. The summed E-state index contributed by atoms with van der Waals surface area (Å²) in [6.45, 7) is 12.1. The van der Waals surface area contributed by atoms with Gasteiger partial charge in [0.1, 0.15) is 0 Å². The molecule has 0 aromatic rings. The molecule has 0 spiro atoms. The minimum absolute atomic E-state index is 0.563. The summed E-state index contributed by atoms with van der Waals surface area (Å²) >= 11 is 0. The van der Waals surface area contributed by atoms with Gasteiger partial charge in [0.2, 0.25) is 0 Å². The van der Waals surface area contributed by atoms with E-state index in [4.69, 9.17) is 0 Å². The molecule has 1 aliphatic heterocycles. The molecule has 2 heteroatoms. The van der Waals surface area contributed by atoms with Crippen LogP contribution in [0.25, 0.3) is 0 Å². The standard InChI is InChI=1S/C14H28N2/c1-4-15-10-12-7-9-16(11-12)13-6-5-8-14(13,2)3/h12-13,15H,4-11H2,1-3H3. The zero-order chi connectivity index (χ0) is 11.6. The largest absolute Gasteiger partial charge is 0.317 e. The van der Waals surface area contributed by atoms with Gasteiger partial charge in [0, 0.05) is 12.6 Å². The third-order valence-electron chi connectivity index (χ3n) is 4.64. The second-order valence-corrected chi connectivity index (χ2v) is 6.35. The Balaban J connectivity index is 1.84. The van der Waals surface area contributed by atoms with Gasteiger partial charge in [-0.25, -0.2) is 0 Å². The van der Waals surface area contributed by atoms with Crippen LogP contribution in [0.5, 0.6) is 0 Å². The maximum atomic E-state index is 3.50. The lowest BCUT2D eigenvalue weighted by molar-refractivity contribution is 0.135. The van der Waals surface area contributed by atoms with Crippen molar-refractivity contribution in [3.05, 3.63) is 0 Å². The quantitative estimate of drug-likeness (QED) is 0.789. The molecule has 0 aromatic carbocycles. The molecule has 2 fully saturated rings. The Morgan fingerprint density at radius 2 is 2.12 bits per heavy atom. The highest BCUT2D eigenvalue weighted by atomic mass is 15.2. The Bertz CT molecular complexity index is 225. The van der Waals surface area contributed by atoms with E-state index in [0.29, 0.717) is 5.41 Å². The van der Waals surface area contributed by atoms with E-state index in [-0.39, 0.29) is 0 Å². The van der Waals surface area contributed by atoms with Gasteiger partial charge in [-0.15, -0.1) is 0 Å². The van der Waals surface area contributed by atoms with Crippen LogP contribution in [0, 0.1) is 11.3 Å². The fourth-order valence-electron chi connectivity index (χ4n) is 3.65. The van der Waals surface area contributed by atoms with E-state index < -0.39 is 0 Å². The average molecular weight is 224 g/mol. The van der Waals surface area contributed by atoms with E-state index in [9.17, 15) is 0 Å². The minimum atomic E-state index is 0.563.